The predicted molar refractivity (Wildman–Crippen MR) is 54.7 cm³/mol. The van der Waals surface area contributed by atoms with Gasteiger partial charge in [-0.05, 0) is 0 Å². The summed E-state index contributed by atoms with van der Waals surface area (Å²) < 4.78 is 57.5. The molecule has 1 heterocycles. The lowest BCUT2D eigenvalue weighted by Gasteiger charge is -2.10. The maximum absolute atomic E-state index is 11.3. The topological polar surface area (TPSA) is 113 Å². The lowest BCUT2D eigenvalue weighted by atomic mass is 10.4. The van der Waals surface area contributed by atoms with Gasteiger partial charge in [0.1, 0.15) is 13.2 Å². The number of hydrogen-bond donors (Lipinski definition) is 0. The van der Waals surface area contributed by atoms with Gasteiger partial charge in [-0.2, -0.15) is 16.8 Å². The molecule has 1 rings (SSSR count). The fourth-order valence-corrected chi connectivity index (χ4v) is 3.68. The molecule has 1 saturated heterocycles. The third kappa shape index (κ3) is 4.42. The number of carbonyl (C=O) groups excluding carboxylic acids is 1. The van der Waals surface area contributed by atoms with E-state index in [4.69, 9.17) is 0 Å². The molecule has 1 aliphatic heterocycles. The Balaban J connectivity index is 2.83. The summed E-state index contributed by atoms with van der Waals surface area (Å²) in [4.78, 5) is 11.3. The van der Waals surface area contributed by atoms with Crippen molar-refractivity contribution in [3.8, 4) is 0 Å². The Hall–Kier alpha value is -0.970. The Morgan fingerprint density at radius 2 is 2.00 bits per heavy atom. The van der Waals surface area contributed by atoms with Crippen molar-refractivity contribution in [3.05, 3.63) is 12.7 Å². The van der Waals surface area contributed by atoms with E-state index in [1.54, 1.807) is 0 Å². The smallest absolute Gasteiger partial charge is 0.339 e. The molecule has 8 nitrogen and oxygen atoms in total. The Bertz CT molecular complexity index is 502. The van der Waals surface area contributed by atoms with Crippen molar-refractivity contribution in [2.75, 3.05) is 18.3 Å². The number of ether oxygens (including phenoxy) is 1. The number of rotatable bonds is 3. The zero-order valence-electron chi connectivity index (χ0n) is 8.57. The van der Waals surface area contributed by atoms with Gasteiger partial charge in [-0.1, -0.05) is 12.7 Å². The molecule has 0 aromatic heterocycles. The van der Waals surface area contributed by atoms with Crippen LogP contribution in [-0.4, -0.2) is 47.2 Å². The molecule has 0 saturated carbocycles. The highest BCUT2D eigenvalue weighted by atomic mass is 32.3. The van der Waals surface area contributed by atoms with E-state index in [2.05, 4.69) is 19.7 Å². The standard InChI is InChI=1S/C7H10O8S2/c1-2-3-13-7(8)6-4-14-16(9,10)5-17(11,12)15-6/h2,6H,1,3-5H2. The van der Waals surface area contributed by atoms with Crippen LogP contribution >= 0.6 is 0 Å². The van der Waals surface area contributed by atoms with Gasteiger partial charge in [-0.25, -0.2) is 4.79 Å². The van der Waals surface area contributed by atoms with Gasteiger partial charge in [0.25, 0.3) is 20.2 Å². The van der Waals surface area contributed by atoms with E-state index >= 15 is 0 Å². The SMILES string of the molecule is C=CCOC(=O)C1COS(=O)(=O)CS(=O)(=O)O1. The monoisotopic (exact) mass is 286 g/mol. The first-order valence-electron chi connectivity index (χ1n) is 4.31. The second-order valence-corrected chi connectivity index (χ2v) is 6.62. The molecule has 0 aliphatic carbocycles. The highest BCUT2D eigenvalue weighted by molar-refractivity contribution is 8.03. The third-order valence-corrected chi connectivity index (χ3v) is 4.89. The van der Waals surface area contributed by atoms with Gasteiger partial charge < -0.3 is 4.74 Å². The van der Waals surface area contributed by atoms with Gasteiger partial charge in [-0.3, -0.25) is 8.37 Å². The van der Waals surface area contributed by atoms with Crippen LogP contribution in [0.5, 0.6) is 0 Å². The number of hydrogen-bond acceptors (Lipinski definition) is 8. The van der Waals surface area contributed by atoms with Crippen LogP contribution in [0, 0.1) is 0 Å². The minimum Gasteiger partial charge on any atom is -0.459 e. The van der Waals surface area contributed by atoms with Gasteiger partial charge in [-0.15, -0.1) is 0 Å². The zero-order valence-corrected chi connectivity index (χ0v) is 10.2. The molecule has 0 aromatic carbocycles. The maximum Gasteiger partial charge on any atom is 0.339 e. The van der Waals surface area contributed by atoms with Crippen LogP contribution in [0.15, 0.2) is 12.7 Å². The minimum atomic E-state index is -4.39. The van der Waals surface area contributed by atoms with E-state index in [1.165, 1.54) is 6.08 Å². The summed E-state index contributed by atoms with van der Waals surface area (Å²) in [6, 6.07) is 0. The molecule has 0 radical (unpaired) electrons. The van der Waals surface area contributed by atoms with E-state index < -0.39 is 44.0 Å². The van der Waals surface area contributed by atoms with E-state index in [-0.39, 0.29) is 6.61 Å². The van der Waals surface area contributed by atoms with Crippen molar-refractivity contribution < 1.29 is 34.7 Å². The van der Waals surface area contributed by atoms with E-state index in [0.29, 0.717) is 0 Å². The maximum atomic E-state index is 11.3. The van der Waals surface area contributed by atoms with Gasteiger partial charge in [0.15, 0.2) is 6.10 Å². The average Bonchev–Trinajstić information content (AvgIpc) is 2.29. The molecular weight excluding hydrogens is 276 g/mol. The molecule has 1 aliphatic rings. The van der Waals surface area contributed by atoms with E-state index in [9.17, 15) is 21.6 Å². The quantitative estimate of drug-likeness (QED) is 0.359. The van der Waals surface area contributed by atoms with Crippen molar-refractivity contribution >= 4 is 26.2 Å². The van der Waals surface area contributed by atoms with Crippen LogP contribution in [-0.2, 0) is 38.1 Å². The van der Waals surface area contributed by atoms with Crippen LogP contribution in [0.1, 0.15) is 0 Å². The Morgan fingerprint density at radius 3 is 2.59 bits per heavy atom. The van der Waals surface area contributed by atoms with Crippen molar-refractivity contribution in [1.29, 1.82) is 0 Å². The molecule has 98 valence electrons. The first kappa shape index (κ1) is 14.1. The van der Waals surface area contributed by atoms with Gasteiger partial charge >= 0.3 is 5.97 Å². The molecule has 10 heteroatoms. The zero-order chi connectivity index (χ0) is 13.1. The van der Waals surface area contributed by atoms with Crippen molar-refractivity contribution in [2.45, 2.75) is 6.10 Å². The van der Waals surface area contributed by atoms with Crippen LogP contribution in [0.3, 0.4) is 0 Å². The average molecular weight is 286 g/mol. The van der Waals surface area contributed by atoms with Gasteiger partial charge in [0.05, 0.1) is 0 Å². The Kier molecular flexibility index (Phi) is 4.25. The molecule has 1 fully saturated rings. The minimum absolute atomic E-state index is 0.147. The molecule has 0 bridgehead atoms. The molecule has 0 spiro atoms. The fourth-order valence-electron chi connectivity index (χ4n) is 0.950. The second-order valence-electron chi connectivity index (χ2n) is 3.02. The number of esters is 1. The fraction of sp³-hybridized carbons (Fsp3) is 0.571. The molecular formula is C7H10O8S2. The lowest BCUT2D eigenvalue weighted by Crippen LogP contribution is -2.31. The van der Waals surface area contributed by atoms with Crippen LogP contribution < -0.4 is 0 Å². The molecule has 0 aromatic rings. The lowest BCUT2D eigenvalue weighted by molar-refractivity contribution is -0.151. The first-order valence-corrected chi connectivity index (χ1v) is 7.47. The second kappa shape index (κ2) is 5.12. The number of carbonyl (C=O) groups is 1. The van der Waals surface area contributed by atoms with Crippen molar-refractivity contribution in [2.24, 2.45) is 0 Å². The van der Waals surface area contributed by atoms with Gasteiger partial charge in [0, 0.05) is 0 Å². The molecule has 0 amide bonds. The first-order chi connectivity index (χ1) is 7.76. The Labute approximate surface area is 98.4 Å². The summed E-state index contributed by atoms with van der Waals surface area (Å²) in [6.07, 6.45) is -0.363. The largest absolute Gasteiger partial charge is 0.459 e. The summed E-state index contributed by atoms with van der Waals surface area (Å²) in [6.45, 7) is 2.40. The van der Waals surface area contributed by atoms with Crippen LogP contribution in [0.4, 0.5) is 0 Å². The van der Waals surface area contributed by atoms with E-state index in [1.807, 2.05) is 0 Å². The molecule has 1 unspecified atom stereocenters. The summed E-state index contributed by atoms with van der Waals surface area (Å²) in [7, 11) is -8.64. The molecule has 1 atom stereocenters. The predicted octanol–water partition coefficient (Wildman–Crippen LogP) is -1.25. The van der Waals surface area contributed by atoms with Crippen molar-refractivity contribution in [1.82, 2.24) is 0 Å². The summed E-state index contributed by atoms with van der Waals surface area (Å²) in [5.41, 5.74) is 0. The summed E-state index contributed by atoms with van der Waals surface area (Å²) in [5, 5.41) is -1.33. The van der Waals surface area contributed by atoms with Crippen molar-refractivity contribution in [3.63, 3.8) is 0 Å². The summed E-state index contributed by atoms with van der Waals surface area (Å²) >= 11 is 0. The highest BCUT2D eigenvalue weighted by Crippen LogP contribution is 2.13. The normalized spacial score (nSPS) is 26.7. The summed E-state index contributed by atoms with van der Waals surface area (Å²) in [5.74, 6) is -1.04. The third-order valence-electron chi connectivity index (χ3n) is 1.56. The molecule has 17 heavy (non-hydrogen) atoms. The molecule has 0 N–H and O–H groups in total. The highest BCUT2D eigenvalue weighted by Gasteiger charge is 2.37. The van der Waals surface area contributed by atoms with E-state index in [0.717, 1.165) is 0 Å². The Morgan fingerprint density at radius 1 is 1.35 bits per heavy atom. The van der Waals surface area contributed by atoms with Gasteiger partial charge in [0.2, 0.25) is 5.08 Å². The van der Waals surface area contributed by atoms with Crippen LogP contribution in [0.25, 0.3) is 0 Å². The van der Waals surface area contributed by atoms with Crippen LogP contribution in [0.2, 0.25) is 0 Å².